The van der Waals surface area contributed by atoms with Crippen molar-refractivity contribution in [2.75, 3.05) is 0 Å². The third-order valence-electron chi connectivity index (χ3n) is 6.21. The van der Waals surface area contributed by atoms with Crippen molar-refractivity contribution in [2.45, 2.75) is 33.4 Å². The maximum atomic E-state index is 7.23. The largest absolute Gasteiger partial charge is 0.304 e. The van der Waals surface area contributed by atoms with E-state index in [4.69, 9.17) is 4.11 Å². The summed E-state index contributed by atoms with van der Waals surface area (Å²) in [6.07, 6.45) is 3.32. The van der Waals surface area contributed by atoms with Crippen molar-refractivity contribution in [3.63, 3.8) is 0 Å². The second kappa shape index (κ2) is 11.8. The summed E-state index contributed by atoms with van der Waals surface area (Å²) >= 11 is 1.85. The van der Waals surface area contributed by atoms with Crippen molar-refractivity contribution >= 4 is 44.8 Å². The third kappa shape index (κ3) is 6.19. The fraction of sp³-hybridized carbons (Fsp3) is 0.152. The molecule has 5 heteroatoms. The second-order valence-corrected chi connectivity index (χ2v) is 16.2. The number of nitrogens with zero attached hydrogens (tertiary/aromatic N) is 2. The molecule has 0 N–H and O–H groups in total. The minimum atomic E-state index is -2.09. The molecule has 0 amide bonds. The van der Waals surface area contributed by atoms with E-state index < -0.39 is 14.9 Å². The smallest absolute Gasteiger partial charge is 0.0776 e. The van der Waals surface area contributed by atoms with Crippen molar-refractivity contribution in [1.29, 1.82) is 0 Å². The molecular formula is C33H30IrN2SSi-2. The molecule has 6 aromatic rings. The molecule has 0 saturated carbocycles. The van der Waals surface area contributed by atoms with Gasteiger partial charge in [-0.2, -0.15) is 11.3 Å². The van der Waals surface area contributed by atoms with E-state index in [1.807, 2.05) is 41.8 Å². The molecule has 0 aliphatic carbocycles. The number of hydrogen-bond donors (Lipinski definition) is 0. The Morgan fingerprint density at radius 3 is 2.21 bits per heavy atom. The molecule has 0 spiro atoms. The van der Waals surface area contributed by atoms with Crippen molar-refractivity contribution in [3.05, 3.63) is 115 Å². The van der Waals surface area contributed by atoms with Gasteiger partial charge in [-0.3, -0.25) is 0 Å². The van der Waals surface area contributed by atoms with Gasteiger partial charge in [-0.1, -0.05) is 66.6 Å². The molecule has 0 saturated heterocycles. The molecule has 3 aromatic carbocycles. The summed E-state index contributed by atoms with van der Waals surface area (Å²) in [5.41, 5.74) is 5.15. The summed E-state index contributed by atoms with van der Waals surface area (Å²) < 4.78 is 24.3. The Balaban J connectivity index is 0.000000200. The van der Waals surface area contributed by atoms with Crippen molar-refractivity contribution in [3.8, 4) is 22.5 Å². The van der Waals surface area contributed by atoms with Gasteiger partial charge in [0.05, 0.1) is 8.07 Å². The normalized spacial score (nSPS) is 12.6. The number of rotatable bonds is 3. The van der Waals surface area contributed by atoms with E-state index in [2.05, 4.69) is 85.1 Å². The van der Waals surface area contributed by atoms with Gasteiger partial charge < -0.3 is 9.97 Å². The molecule has 0 bridgehead atoms. The van der Waals surface area contributed by atoms with Gasteiger partial charge in [-0.25, -0.2) is 0 Å². The molecule has 2 nitrogen and oxygen atoms in total. The van der Waals surface area contributed by atoms with E-state index in [0.717, 1.165) is 22.5 Å². The van der Waals surface area contributed by atoms with Gasteiger partial charge in [0.2, 0.25) is 0 Å². The quantitative estimate of drug-likeness (QED) is 0.136. The van der Waals surface area contributed by atoms with Crippen LogP contribution in [0.25, 0.3) is 42.7 Å². The maximum absolute atomic E-state index is 7.23. The Morgan fingerprint density at radius 1 is 0.789 bits per heavy atom. The molecule has 0 fully saturated rings. The van der Waals surface area contributed by atoms with Gasteiger partial charge in [0.25, 0.3) is 0 Å². The molecule has 0 atom stereocenters. The minimum absolute atomic E-state index is 0. The van der Waals surface area contributed by atoms with Gasteiger partial charge in [-0.15, -0.1) is 59.7 Å². The van der Waals surface area contributed by atoms with Crippen LogP contribution >= 0.6 is 11.3 Å². The Hall–Kier alpha value is -2.95. The molecule has 0 unspecified atom stereocenters. The van der Waals surface area contributed by atoms with Crippen LogP contribution in [0.4, 0.5) is 0 Å². The number of aryl methyl sites for hydroxylation is 2. The van der Waals surface area contributed by atoms with Crippen LogP contribution in [-0.4, -0.2) is 18.0 Å². The van der Waals surface area contributed by atoms with Gasteiger partial charge in [0.1, 0.15) is 0 Å². The first-order valence-electron chi connectivity index (χ1n) is 13.7. The summed E-state index contributed by atoms with van der Waals surface area (Å²) in [6.45, 7) is 7.18. The Labute approximate surface area is 248 Å². The van der Waals surface area contributed by atoms with E-state index in [1.54, 1.807) is 18.2 Å². The molecule has 38 heavy (non-hydrogen) atoms. The van der Waals surface area contributed by atoms with Crippen LogP contribution in [0.1, 0.15) is 15.2 Å². The van der Waals surface area contributed by atoms with Crippen LogP contribution in [0.2, 0.25) is 19.6 Å². The van der Waals surface area contributed by atoms with Crippen LogP contribution in [0.5, 0.6) is 0 Å². The zero-order valence-electron chi connectivity index (χ0n) is 24.8. The molecule has 3 aromatic heterocycles. The van der Waals surface area contributed by atoms with Crippen molar-refractivity contribution < 1.29 is 24.2 Å². The van der Waals surface area contributed by atoms with Crippen LogP contribution in [0.3, 0.4) is 0 Å². The van der Waals surface area contributed by atoms with Crippen molar-refractivity contribution in [2.24, 2.45) is 0 Å². The summed E-state index contributed by atoms with van der Waals surface area (Å²) in [6, 6.07) is 32.6. The fourth-order valence-electron chi connectivity index (χ4n) is 4.12. The van der Waals surface area contributed by atoms with Crippen LogP contribution < -0.4 is 5.19 Å². The Morgan fingerprint density at radius 2 is 1.55 bits per heavy atom. The first kappa shape index (κ1) is 24.1. The standard InChI is InChI=1S/C21H20NSSi.C12H10N.Ir/c1-14-8-10-19(22-13-14)17-7-5-6-16-18-12-15(24(2,3)4)9-11-20(18)23-21(16)17;1-10-7-8-12(13-9-10)11-5-3-2-4-6-11;/h5-6,8-13H,1-4H3;2-5,7-9H,1H3;/q2*-1;/i;1D3;. The molecule has 193 valence electrons. The molecule has 3 heterocycles. The predicted octanol–water partition coefficient (Wildman–Crippen LogP) is 8.63. The van der Waals surface area contributed by atoms with E-state index in [0.29, 0.717) is 0 Å². The average Bonchev–Trinajstić information content (AvgIpc) is 3.32. The number of hydrogen-bond acceptors (Lipinski definition) is 3. The Bertz CT molecular complexity index is 1760. The summed E-state index contributed by atoms with van der Waals surface area (Å²) in [5, 5.41) is 4.21. The number of thiophene rings is 1. The number of pyridine rings is 2. The van der Waals surface area contributed by atoms with Gasteiger partial charge in [0, 0.05) is 41.3 Å². The topological polar surface area (TPSA) is 25.8 Å². The van der Waals surface area contributed by atoms with Crippen molar-refractivity contribution in [1.82, 2.24) is 9.97 Å². The first-order valence-corrected chi connectivity index (χ1v) is 16.6. The Kier molecular flexibility index (Phi) is 7.51. The fourth-order valence-corrected chi connectivity index (χ4v) is 6.47. The summed E-state index contributed by atoms with van der Waals surface area (Å²) in [5.74, 6) is 0. The van der Waals surface area contributed by atoms with E-state index in [1.165, 1.54) is 37.1 Å². The monoisotopic (exact) mass is 710 g/mol. The van der Waals surface area contributed by atoms with Crippen LogP contribution in [0, 0.1) is 25.9 Å². The maximum Gasteiger partial charge on any atom is 0.0776 e. The van der Waals surface area contributed by atoms with E-state index in [-0.39, 0.29) is 25.7 Å². The molecule has 1 radical (unpaired) electrons. The van der Waals surface area contributed by atoms with Gasteiger partial charge in [-0.05, 0) is 52.4 Å². The molecule has 0 aliphatic heterocycles. The van der Waals surface area contributed by atoms with E-state index in [9.17, 15) is 0 Å². The van der Waals surface area contributed by atoms with Crippen LogP contribution in [0.15, 0.2) is 91.3 Å². The zero-order chi connectivity index (χ0) is 28.5. The second-order valence-electron chi connectivity index (χ2n) is 10.1. The van der Waals surface area contributed by atoms with Crippen LogP contribution in [-0.2, 0) is 20.1 Å². The number of aromatic nitrogens is 2. The summed E-state index contributed by atoms with van der Waals surface area (Å²) in [7, 11) is -1.31. The van der Waals surface area contributed by atoms with E-state index >= 15 is 0 Å². The van der Waals surface area contributed by atoms with Gasteiger partial charge >= 0.3 is 0 Å². The third-order valence-corrected chi connectivity index (χ3v) is 9.46. The zero-order valence-corrected chi connectivity index (χ0v) is 26.0. The average molecular weight is 710 g/mol. The molecule has 6 rings (SSSR count). The first-order chi connectivity index (χ1) is 19.0. The van der Waals surface area contributed by atoms with Gasteiger partial charge in [0.15, 0.2) is 0 Å². The summed E-state index contributed by atoms with van der Waals surface area (Å²) in [4.78, 5) is 8.73. The molecular weight excluding hydrogens is 677 g/mol. The number of fused-ring (bicyclic) bond motifs is 3. The number of benzene rings is 3. The predicted molar refractivity (Wildman–Crippen MR) is 162 cm³/mol. The molecule has 0 aliphatic rings. The SMILES string of the molecule is Cc1ccc(-c2[c-]ccc3c2sc2ccc([Si](C)(C)C)cc23)nc1.[2H]C([2H])([2H])c1ccc(-c2[c-]cccc2)nc1.[Ir]. The minimum Gasteiger partial charge on any atom is -0.304 e.